The van der Waals surface area contributed by atoms with Crippen LogP contribution in [0.4, 0.5) is 11.4 Å². The number of anilines is 1. The van der Waals surface area contributed by atoms with Crippen molar-refractivity contribution in [1.82, 2.24) is 30.8 Å². The second-order valence-electron chi connectivity index (χ2n) is 11.1. The molecule has 3 amide bonds. The van der Waals surface area contributed by atoms with Gasteiger partial charge in [-0.1, -0.05) is 56.3 Å². The number of nitro groups is 1. The number of aromatic amines is 1. The first-order valence-corrected chi connectivity index (χ1v) is 14.5. The van der Waals surface area contributed by atoms with E-state index in [4.69, 9.17) is 4.74 Å². The SMILES string of the molecule is CC(C)[C@H]1COCN1C(=O)c1cc(C(=O)N[C@@H](Cc2ccccc2)[C@H](O)C(=O)Nc2cccc(-c3nn[nH]n3)c2)cc([N+](=O)[O-])c1. The number of aromatic nitrogens is 4. The number of aliphatic hydroxyl groups excluding tert-OH is 1. The molecule has 1 aliphatic rings. The number of carbonyl (C=O) groups is 3. The summed E-state index contributed by atoms with van der Waals surface area (Å²) >= 11 is 0. The minimum Gasteiger partial charge on any atom is -0.381 e. The van der Waals surface area contributed by atoms with Gasteiger partial charge in [0, 0.05) is 34.5 Å². The van der Waals surface area contributed by atoms with E-state index in [2.05, 4.69) is 31.3 Å². The maximum Gasteiger partial charge on any atom is 0.271 e. The predicted octanol–water partition coefficient (Wildman–Crippen LogP) is 2.57. The Labute approximate surface area is 263 Å². The van der Waals surface area contributed by atoms with Crippen molar-refractivity contribution in [3.63, 3.8) is 0 Å². The zero-order valence-corrected chi connectivity index (χ0v) is 25.0. The fourth-order valence-electron chi connectivity index (χ4n) is 5.14. The predicted molar refractivity (Wildman–Crippen MR) is 164 cm³/mol. The molecule has 0 radical (unpaired) electrons. The van der Waals surface area contributed by atoms with Crippen LogP contribution < -0.4 is 10.6 Å². The van der Waals surface area contributed by atoms with Crippen molar-refractivity contribution in [3.8, 4) is 11.4 Å². The molecule has 15 heteroatoms. The molecule has 5 rings (SSSR count). The summed E-state index contributed by atoms with van der Waals surface area (Å²) < 4.78 is 5.47. The molecule has 1 saturated heterocycles. The molecular formula is C31H32N8O7. The van der Waals surface area contributed by atoms with E-state index in [1.807, 2.05) is 13.8 Å². The Hall–Kier alpha value is -5.54. The summed E-state index contributed by atoms with van der Waals surface area (Å²) in [6.45, 7) is 4.22. The highest BCUT2D eigenvalue weighted by atomic mass is 16.6. The summed E-state index contributed by atoms with van der Waals surface area (Å²) in [5, 5.41) is 42.0. The quantitative estimate of drug-likeness (QED) is 0.141. The van der Waals surface area contributed by atoms with Crippen molar-refractivity contribution in [2.45, 2.75) is 38.5 Å². The highest BCUT2D eigenvalue weighted by Gasteiger charge is 2.34. The molecule has 238 valence electrons. The third-order valence-corrected chi connectivity index (χ3v) is 7.59. The number of hydrogen-bond acceptors (Lipinski definition) is 10. The van der Waals surface area contributed by atoms with Crippen molar-refractivity contribution in [1.29, 1.82) is 0 Å². The van der Waals surface area contributed by atoms with Crippen LogP contribution in [0.3, 0.4) is 0 Å². The molecule has 0 saturated carbocycles. The summed E-state index contributed by atoms with van der Waals surface area (Å²) in [7, 11) is 0. The Balaban J connectivity index is 1.39. The van der Waals surface area contributed by atoms with Crippen molar-refractivity contribution in [3.05, 3.63) is 99.6 Å². The van der Waals surface area contributed by atoms with E-state index in [1.54, 1.807) is 54.6 Å². The molecule has 0 spiro atoms. The summed E-state index contributed by atoms with van der Waals surface area (Å²) in [6.07, 6.45) is -1.70. The lowest BCUT2D eigenvalue weighted by atomic mass is 9.99. The van der Waals surface area contributed by atoms with E-state index in [1.165, 1.54) is 11.0 Å². The third kappa shape index (κ3) is 7.39. The van der Waals surface area contributed by atoms with Crippen LogP contribution in [0.1, 0.15) is 40.1 Å². The van der Waals surface area contributed by atoms with Gasteiger partial charge in [0.25, 0.3) is 23.4 Å². The van der Waals surface area contributed by atoms with Crippen molar-refractivity contribution < 1.29 is 29.2 Å². The van der Waals surface area contributed by atoms with Gasteiger partial charge in [-0.3, -0.25) is 24.5 Å². The lowest BCUT2D eigenvalue weighted by Crippen LogP contribution is -2.50. The van der Waals surface area contributed by atoms with Gasteiger partial charge in [0.15, 0.2) is 6.10 Å². The van der Waals surface area contributed by atoms with E-state index in [-0.39, 0.29) is 36.2 Å². The topological polar surface area (TPSA) is 206 Å². The van der Waals surface area contributed by atoms with Crippen LogP contribution >= 0.6 is 0 Å². The lowest BCUT2D eigenvalue weighted by molar-refractivity contribution is -0.384. The number of hydrogen-bond donors (Lipinski definition) is 4. The molecule has 1 aromatic heterocycles. The molecule has 1 fully saturated rings. The second-order valence-corrected chi connectivity index (χ2v) is 11.1. The number of nitro benzene ring substituents is 1. The Kier molecular flexibility index (Phi) is 9.73. The summed E-state index contributed by atoms with van der Waals surface area (Å²) in [4.78, 5) is 52.9. The molecule has 3 atom stereocenters. The number of non-ortho nitro benzene ring substituents is 1. The van der Waals surface area contributed by atoms with Gasteiger partial charge >= 0.3 is 0 Å². The number of nitrogens with zero attached hydrogens (tertiary/aromatic N) is 5. The van der Waals surface area contributed by atoms with Gasteiger partial charge in [0.2, 0.25) is 5.82 Å². The largest absolute Gasteiger partial charge is 0.381 e. The number of nitrogens with one attached hydrogen (secondary N) is 3. The van der Waals surface area contributed by atoms with Crippen LogP contribution in [0.15, 0.2) is 72.8 Å². The smallest absolute Gasteiger partial charge is 0.271 e. The Morgan fingerprint density at radius 3 is 2.54 bits per heavy atom. The Bertz CT molecular complexity index is 1720. The van der Waals surface area contributed by atoms with Gasteiger partial charge in [-0.15, -0.1) is 10.2 Å². The zero-order chi connectivity index (χ0) is 32.8. The minimum atomic E-state index is -1.74. The molecule has 4 N–H and O–H groups in total. The number of aliphatic hydroxyl groups is 1. The average molecular weight is 629 g/mol. The van der Waals surface area contributed by atoms with Crippen LogP contribution in [-0.4, -0.2) is 84.8 Å². The summed E-state index contributed by atoms with van der Waals surface area (Å²) in [5.74, 6) is -1.77. The molecule has 4 aromatic rings. The highest BCUT2D eigenvalue weighted by Crippen LogP contribution is 2.24. The number of H-pyrrole nitrogens is 1. The first-order valence-electron chi connectivity index (χ1n) is 14.5. The average Bonchev–Trinajstić information content (AvgIpc) is 3.78. The van der Waals surface area contributed by atoms with Crippen molar-refractivity contribution >= 4 is 29.1 Å². The van der Waals surface area contributed by atoms with Crippen LogP contribution in [0.5, 0.6) is 0 Å². The number of tetrazole rings is 1. The zero-order valence-electron chi connectivity index (χ0n) is 25.0. The fourth-order valence-corrected chi connectivity index (χ4v) is 5.14. The standard InChI is InChI=1S/C31H32N8O7/c1-18(2)26-16-46-17-38(26)31(43)22-12-21(14-24(15-22)39(44)45)29(41)33-25(11-19-7-4-3-5-8-19)27(40)30(42)32-23-10-6-9-20(13-23)28-34-36-37-35-28/h3-10,12-15,18,25-27,40H,11,16-17H2,1-2H3,(H,32,42)(H,33,41)(H,34,35,36,37)/t25-,26+,27-/m0/s1. The molecule has 0 unspecified atom stereocenters. The van der Waals surface area contributed by atoms with Crippen LogP contribution in [0.25, 0.3) is 11.4 Å². The number of amides is 3. The van der Waals surface area contributed by atoms with Crippen molar-refractivity contribution in [2.75, 3.05) is 18.7 Å². The van der Waals surface area contributed by atoms with Gasteiger partial charge in [-0.2, -0.15) is 5.21 Å². The number of rotatable bonds is 11. The van der Waals surface area contributed by atoms with Crippen LogP contribution in [0.2, 0.25) is 0 Å². The van der Waals surface area contributed by atoms with Gasteiger partial charge in [0.1, 0.15) is 6.73 Å². The normalized spacial score (nSPS) is 15.7. The first kappa shape index (κ1) is 31.9. The lowest BCUT2D eigenvalue weighted by Gasteiger charge is -2.26. The first-order chi connectivity index (χ1) is 22.1. The van der Waals surface area contributed by atoms with Crippen molar-refractivity contribution in [2.24, 2.45) is 5.92 Å². The van der Waals surface area contributed by atoms with E-state index >= 15 is 0 Å². The third-order valence-electron chi connectivity index (χ3n) is 7.59. The Morgan fingerprint density at radius 2 is 1.85 bits per heavy atom. The second kappa shape index (κ2) is 14.0. The molecular weight excluding hydrogens is 596 g/mol. The maximum atomic E-state index is 13.6. The summed E-state index contributed by atoms with van der Waals surface area (Å²) in [6, 6.07) is 17.5. The maximum absolute atomic E-state index is 13.6. The molecule has 46 heavy (non-hydrogen) atoms. The molecule has 0 bridgehead atoms. The van der Waals surface area contributed by atoms with Crippen LogP contribution in [0, 0.1) is 16.0 Å². The molecule has 1 aliphatic heterocycles. The van der Waals surface area contributed by atoms with Crippen LogP contribution in [-0.2, 0) is 16.0 Å². The molecule has 15 nitrogen and oxygen atoms in total. The van der Waals surface area contributed by atoms with E-state index < -0.39 is 40.5 Å². The fraction of sp³-hybridized carbons (Fsp3) is 0.290. The van der Waals surface area contributed by atoms with Gasteiger partial charge in [-0.05, 0) is 41.3 Å². The van der Waals surface area contributed by atoms with Gasteiger partial charge in [-0.25, -0.2) is 0 Å². The monoisotopic (exact) mass is 628 g/mol. The number of carbonyl (C=O) groups excluding carboxylic acids is 3. The van der Waals surface area contributed by atoms with E-state index in [0.717, 1.165) is 12.1 Å². The molecule has 2 heterocycles. The van der Waals surface area contributed by atoms with Gasteiger partial charge in [0.05, 0.1) is 23.6 Å². The van der Waals surface area contributed by atoms with E-state index in [0.29, 0.717) is 29.2 Å². The van der Waals surface area contributed by atoms with Gasteiger partial charge < -0.3 is 25.4 Å². The number of ether oxygens (including phenoxy) is 1. The highest BCUT2D eigenvalue weighted by molar-refractivity contribution is 6.01. The summed E-state index contributed by atoms with van der Waals surface area (Å²) in [5.41, 5.74) is 0.904. The Morgan fingerprint density at radius 1 is 1.09 bits per heavy atom. The minimum absolute atomic E-state index is 0.0182. The number of benzene rings is 3. The molecule has 3 aromatic carbocycles. The molecule has 0 aliphatic carbocycles. The van der Waals surface area contributed by atoms with E-state index in [9.17, 15) is 29.6 Å².